The molecule has 126 valence electrons. The molecule has 2 fully saturated rings. The Kier molecular flexibility index (Phi) is 4.75. The normalized spacial score (nSPS) is 40.6. The number of hydrogen-bond donors (Lipinski definition) is 0. The Morgan fingerprint density at radius 2 is 1.86 bits per heavy atom. The molecule has 22 heavy (non-hydrogen) atoms. The molecule has 2 aliphatic carbocycles. The second-order valence-corrected chi connectivity index (χ2v) is 8.76. The van der Waals surface area contributed by atoms with Gasteiger partial charge in [-0.2, -0.15) is 0 Å². The molecule has 0 aromatic rings. The van der Waals surface area contributed by atoms with Crippen molar-refractivity contribution in [1.29, 1.82) is 0 Å². The summed E-state index contributed by atoms with van der Waals surface area (Å²) in [6.07, 6.45) is 7.14. The lowest BCUT2D eigenvalue weighted by atomic mass is 9.45. The van der Waals surface area contributed by atoms with Crippen molar-refractivity contribution in [3.8, 4) is 0 Å². The molecule has 0 aromatic carbocycles. The largest absolute Gasteiger partial charge is 0.461 e. The van der Waals surface area contributed by atoms with Gasteiger partial charge >= 0.3 is 0 Å². The smallest absolute Gasteiger partial charge is 0.293 e. The first-order valence-corrected chi connectivity index (χ1v) is 8.77. The average molecular weight is 308 g/mol. The first kappa shape index (κ1) is 17.5. The molecule has 0 unspecified atom stereocenters. The summed E-state index contributed by atoms with van der Waals surface area (Å²) in [4.78, 5) is 22.6. The molecule has 0 aromatic heterocycles. The van der Waals surface area contributed by atoms with E-state index in [1.54, 1.807) is 6.92 Å². The monoisotopic (exact) mass is 308 g/mol. The molecule has 0 aliphatic heterocycles. The van der Waals surface area contributed by atoms with E-state index in [1.807, 2.05) is 0 Å². The number of ketones is 1. The van der Waals surface area contributed by atoms with Crippen LogP contribution < -0.4 is 0 Å². The van der Waals surface area contributed by atoms with Crippen molar-refractivity contribution in [2.45, 2.75) is 85.2 Å². The molecule has 0 heterocycles. The van der Waals surface area contributed by atoms with Crippen LogP contribution in [0.15, 0.2) is 0 Å². The van der Waals surface area contributed by atoms with Gasteiger partial charge in [-0.25, -0.2) is 0 Å². The first-order valence-electron chi connectivity index (χ1n) is 8.77. The third-order valence-corrected chi connectivity index (χ3v) is 6.84. The number of rotatable bonds is 5. The van der Waals surface area contributed by atoms with E-state index < -0.39 is 5.60 Å². The van der Waals surface area contributed by atoms with E-state index in [0.29, 0.717) is 24.2 Å². The topological polar surface area (TPSA) is 43.4 Å². The van der Waals surface area contributed by atoms with Gasteiger partial charge in [-0.1, -0.05) is 27.2 Å². The van der Waals surface area contributed by atoms with Gasteiger partial charge in [-0.3, -0.25) is 4.79 Å². The van der Waals surface area contributed by atoms with Crippen molar-refractivity contribution >= 4 is 12.3 Å². The highest BCUT2D eigenvalue weighted by Gasteiger charge is 2.58. The van der Waals surface area contributed by atoms with Crippen LogP contribution in [0.4, 0.5) is 0 Å². The minimum absolute atomic E-state index is 0.160. The van der Waals surface area contributed by atoms with Gasteiger partial charge in [-0.15, -0.1) is 0 Å². The number of carbonyl (C=O) groups is 2. The van der Waals surface area contributed by atoms with Crippen LogP contribution in [0.3, 0.4) is 0 Å². The summed E-state index contributed by atoms with van der Waals surface area (Å²) in [6, 6.07) is 0. The van der Waals surface area contributed by atoms with Crippen LogP contribution in [0.5, 0.6) is 0 Å². The molecule has 0 N–H and O–H groups in total. The summed E-state index contributed by atoms with van der Waals surface area (Å²) >= 11 is 0. The lowest BCUT2D eigenvalue weighted by molar-refractivity contribution is -0.190. The standard InChI is InChI=1S/C19H32O3/c1-14(21)7-8-16-18(4)11-6-10-17(2,3)15(18)9-12-19(16,5)22-13-20/h13,15-16H,6-12H2,1-5H3/t15-,16+,18-,19+/m0/s1. The van der Waals surface area contributed by atoms with Gasteiger partial charge in [0.2, 0.25) is 0 Å². The molecule has 0 amide bonds. The van der Waals surface area contributed by atoms with Crippen LogP contribution in [0, 0.1) is 22.7 Å². The van der Waals surface area contributed by atoms with E-state index in [2.05, 4.69) is 27.7 Å². The molecule has 0 spiro atoms. The highest BCUT2D eigenvalue weighted by atomic mass is 16.5. The Balaban J connectivity index is 2.36. The molecule has 2 saturated carbocycles. The zero-order chi connectivity index (χ0) is 16.6. The number of hydrogen-bond acceptors (Lipinski definition) is 3. The first-order chi connectivity index (χ1) is 10.2. The second-order valence-electron chi connectivity index (χ2n) is 8.76. The minimum Gasteiger partial charge on any atom is -0.461 e. The predicted octanol–water partition coefficient (Wildman–Crippen LogP) is 4.53. The van der Waals surface area contributed by atoms with Gasteiger partial charge in [-0.05, 0) is 62.7 Å². The third kappa shape index (κ3) is 2.96. The SMILES string of the molecule is CC(=O)CC[C@@H]1[C@@]2(C)CCCC(C)(C)[C@@H]2CC[C@@]1(C)OC=O. The summed E-state index contributed by atoms with van der Waals surface area (Å²) < 4.78 is 5.61. The molecule has 0 saturated heterocycles. The highest BCUT2D eigenvalue weighted by Crippen LogP contribution is 2.63. The van der Waals surface area contributed by atoms with Crippen LogP contribution in [-0.2, 0) is 14.3 Å². The minimum atomic E-state index is -0.421. The molecule has 0 radical (unpaired) electrons. The van der Waals surface area contributed by atoms with E-state index in [9.17, 15) is 9.59 Å². The summed E-state index contributed by atoms with van der Waals surface area (Å²) in [6.45, 7) is 11.5. The maximum atomic E-state index is 11.5. The summed E-state index contributed by atoms with van der Waals surface area (Å²) in [7, 11) is 0. The van der Waals surface area contributed by atoms with Crippen molar-refractivity contribution in [2.75, 3.05) is 0 Å². The lowest BCUT2D eigenvalue weighted by Crippen LogP contribution is -2.58. The van der Waals surface area contributed by atoms with Gasteiger partial charge in [0.05, 0.1) is 0 Å². The Bertz CT molecular complexity index is 442. The molecule has 4 atom stereocenters. The van der Waals surface area contributed by atoms with Gasteiger partial charge in [0.1, 0.15) is 11.4 Å². The molecule has 2 rings (SSSR count). The van der Waals surface area contributed by atoms with Crippen molar-refractivity contribution < 1.29 is 14.3 Å². The van der Waals surface area contributed by atoms with E-state index in [4.69, 9.17) is 4.74 Å². The molecule has 3 heteroatoms. The van der Waals surface area contributed by atoms with Gasteiger partial charge in [0.25, 0.3) is 6.47 Å². The van der Waals surface area contributed by atoms with Crippen LogP contribution in [0.2, 0.25) is 0 Å². The molecular weight excluding hydrogens is 276 g/mol. The van der Waals surface area contributed by atoms with Crippen molar-refractivity contribution in [2.24, 2.45) is 22.7 Å². The predicted molar refractivity (Wildman–Crippen MR) is 87.4 cm³/mol. The van der Waals surface area contributed by atoms with Crippen molar-refractivity contribution in [1.82, 2.24) is 0 Å². The molecule has 0 bridgehead atoms. The number of carbonyl (C=O) groups excluding carboxylic acids is 2. The lowest BCUT2D eigenvalue weighted by Gasteiger charge is -2.61. The van der Waals surface area contributed by atoms with Crippen LogP contribution in [0.25, 0.3) is 0 Å². The van der Waals surface area contributed by atoms with Crippen LogP contribution >= 0.6 is 0 Å². The Morgan fingerprint density at radius 1 is 1.18 bits per heavy atom. The Morgan fingerprint density at radius 3 is 2.45 bits per heavy atom. The van der Waals surface area contributed by atoms with E-state index in [-0.39, 0.29) is 17.1 Å². The van der Waals surface area contributed by atoms with E-state index in [0.717, 1.165) is 19.3 Å². The summed E-state index contributed by atoms with van der Waals surface area (Å²) in [5, 5.41) is 0. The molecule has 2 aliphatic rings. The Hall–Kier alpha value is -0.860. The van der Waals surface area contributed by atoms with Crippen molar-refractivity contribution in [3.63, 3.8) is 0 Å². The van der Waals surface area contributed by atoms with E-state index >= 15 is 0 Å². The van der Waals surface area contributed by atoms with Crippen molar-refractivity contribution in [3.05, 3.63) is 0 Å². The van der Waals surface area contributed by atoms with Crippen LogP contribution in [-0.4, -0.2) is 17.9 Å². The number of fused-ring (bicyclic) bond motifs is 1. The summed E-state index contributed by atoms with van der Waals surface area (Å²) in [5.41, 5.74) is 0.0765. The number of ether oxygens (including phenoxy) is 1. The van der Waals surface area contributed by atoms with E-state index in [1.165, 1.54) is 19.3 Å². The zero-order valence-corrected chi connectivity index (χ0v) is 14.9. The second kappa shape index (κ2) is 5.98. The van der Waals surface area contributed by atoms with Gasteiger partial charge in [0, 0.05) is 12.3 Å². The zero-order valence-electron chi connectivity index (χ0n) is 14.9. The fourth-order valence-electron chi connectivity index (χ4n) is 5.84. The fraction of sp³-hybridized carbons (Fsp3) is 0.895. The molecule has 3 nitrogen and oxygen atoms in total. The maximum absolute atomic E-state index is 11.5. The Labute approximate surface area is 135 Å². The maximum Gasteiger partial charge on any atom is 0.293 e. The highest BCUT2D eigenvalue weighted by molar-refractivity contribution is 5.75. The quantitative estimate of drug-likeness (QED) is 0.701. The summed E-state index contributed by atoms with van der Waals surface area (Å²) in [5.74, 6) is 1.15. The average Bonchev–Trinajstić information content (AvgIpc) is 2.36. The number of Topliss-reactive ketones (excluding diaryl/α,β-unsaturated/α-hetero) is 1. The van der Waals surface area contributed by atoms with Crippen LogP contribution in [0.1, 0.15) is 79.6 Å². The van der Waals surface area contributed by atoms with Gasteiger partial charge < -0.3 is 9.53 Å². The molecular formula is C19H32O3. The third-order valence-electron chi connectivity index (χ3n) is 6.84. The van der Waals surface area contributed by atoms with Gasteiger partial charge in [0.15, 0.2) is 0 Å². The fourth-order valence-corrected chi connectivity index (χ4v) is 5.84.